The van der Waals surface area contributed by atoms with Gasteiger partial charge in [0.1, 0.15) is 0 Å². The highest BCUT2D eigenvalue weighted by Gasteiger charge is 2.19. The van der Waals surface area contributed by atoms with Crippen molar-refractivity contribution < 1.29 is 17.6 Å². The zero-order chi connectivity index (χ0) is 17.7. The Balaban J connectivity index is 2.11. The number of halogens is 4. The standard InChI is InChI=1S/C21H12F4/c1-11-2-4-12(5-3-11)15-10-14-7-6-13-8-9-16(22)20(24)17(13)18(14)21(25)19(15)23/h2-10H,1H3. The lowest BCUT2D eigenvalue weighted by atomic mass is 9.95. The van der Waals surface area contributed by atoms with E-state index in [-0.39, 0.29) is 16.3 Å². The highest BCUT2D eigenvalue weighted by Crippen LogP contribution is 2.36. The molecular weight excluding hydrogens is 328 g/mol. The fraction of sp³-hybridized carbons (Fsp3) is 0.0476. The van der Waals surface area contributed by atoms with Crippen molar-refractivity contribution in [3.05, 3.63) is 83.4 Å². The minimum atomic E-state index is -1.18. The van der Waals surface area contributed by atoms with Gasteiger partial charge in [-0.15, -0.1) is 0 Å². The first-order valence-electron chi connectivity index (χ1n) is 7.73. The molecule has 0 spiro atoms. The first kappa shape index (κ1) is 15.6. The first-order chi connectivity index (χ1) is 12.0. The average molecular weight is 340 g/mol. The number of fused-ring (bicyclic) bond motifs is 3. The monoisotopic (exact) mass is 340 g/mol. The molecule has 0 bridgehead atoms. The summed E-state index contributed by atoms with van der Waals surface area (Å²) < 4.78 is 57.3. The summed E-state index contributed by atoms with van der Waals surface area (Å²) in [4.78, 5) is 0. The molecule has 25 heavy (non-hydrogen) atoms. The SMILES string of the molecule is Cc1ccc(-c2cc3ccc4ccc(F)c(F)c4c3c(F)c2F)cc1. The smallest absolute Gasteiger partial charge is 0.168 e. The molecule has 0 atom stereocenters. The Hall–Kier alpha value is -2.88. The maximum absolute atomic E-state index is 14.8. The summed E-state index contributed by atoms with van der Waals surface area (Å²) in [6, 6.07) is 13.9. The van der Waals surface area contributed by atoms with Crippen molar-refractivity contribution in [3.8, 4) is 11.1 Å². The van der Waals surface area contributed by atoms with Crippen LogP contribution >= 0.6 is 0 Å². The molecule has 0 saturated carbocycles. The van der Waals surface area contributed by atoms with Gasteiger partial charge in [0.2, 0.25) is 0 Å². The molecule has 0 aliphatic carbocycles. The normalized spacial score (nSPS) is 11.4. The summed E-state index contributed by atoms with van der Waals surface area (Å²) in [6.07, 6.45) is 0. The second-order valence-electron chi connectivity index (χ2n) is 6.04. The van der Waals surface area contributed by atoms with Crippen LogP contribution in [-0.2, 0) is 0 Å². The Morgan fingerprint density at radius 3 is 1.92 bits per heavy atom. The van der Waals surface area contributed by atoms with Gasteiger partial charge in [0.05, 0.1) is 0 Å². The molecular formula is C21H12F4. The van der Waals surface area contributed by atoms with Gasteiger partial charge in [-0.3, -0.25) is 0 Å². The minimum Gasteiger partial charge on any atom is -0.204 e. The molecule has 0 aliphatic rings. The Morgan fingerprint density at radius 1 is 0.600 bits per heavy atom. The number of hydrogen-bond donors (Lipinski definition) is 0. The molecule has 0 N–H and O–H groups in total. The van der Waals surface area contributed by atoms with Gasteiger partial charge in [-0.25, -0.2) is 17.6 Å². The summed E-state index contributed by atoms with van der Waals surface area (Å²) in [6.45, 7) is 1.89. The van der Waals surface area contributed by atoms with E-state index in [1.807, 2.05) is 6.92 Å². The van der Waals surface area contributed by atoms with Gasteiger partial charge >= 0.3 is 0 Å². The van der Waals surface area contributed by atoms with E-state index in [1.54, 1.807) is 36.4 Å². The van der Waals surface area contributed by atoms with E-state index in [9.17, 15) is 17.6 Å². The predicted octanol–water partition coefficient (Wildman–Crippen LogP) is 6.52. The summed E-state index contributed by atoms with van der Waals surface area (Å²) in [7, 11) is 0. The highest BCUT2D eigenvalue weighted by molar-refractivity contribution is 6.09. The van der Waals surface area contributed by atoms with Gasteiger partial charge in [-0.1, -0.05) is 48.0 Å². The molecule has 0 unspecified atom stereocenters. The highest BCUT2D eigenvalue weighted by atomic mass is 19.2. The largest absolute Gasteiger partial charge is 0.204 e. The van der Waals surface area contributed by atoms with Crippen LogP contribution < -0.4 is 0 Å². The van der Waals surface area contributed by atoms with Gasteiger partial charge < -0.3 is 0 Å². The summed E-state index contributed by atoms with van der Waals surface area (Å²) in [5.41, 5.74) is 1.60. The topological polar surface area (TPSA) is 0 Å². The van der Waals surface area contributed by atoms with E-state index in [2.05, 4.69) is 0 Å². The summed E-state index contributed by atoms with van der Waals surface area (Å²) >= 11 is 0. The van der Waals surface area contributed by atoms with E-state index >= 15 is 0 Å². The molecule has 0 nitrogen and oxygen atoms in total. The molecule has 4 aromatic carbocycles. The number of rotatable bonds is 1. The van der Waals surface area contributed by atoms with E-state index in [1.165, 1.54) is 12.1 Å². The lowest BCUT2D eigenvalue weighted by molar-refractivity contribution is 0.513. The Kier molecular flexibility index (Phi) is 3.49. The van der Waals surface area contributed by atoms with E-state index in [0.29, 0.717) is 16.3 Å². The van der Waals surface area contributed by atoms with Crippen LogP contribution in [0.25, 0.3) is 32.7 Å². The zero-order valence-corrected chi connectivity index (χ0v) is 13.2. The first-order valence-corrected chi connectivity index (χ1v) is 7.73. The molecule has 0 aliphatic heterocycles. The maximum Gasteiger partial charge on any atom is 0.168 e. The average Bonchev–Trinajstić information content (AvgIpc) is 2.61. The van der Waals surface area contributed by atoms with Crippen LogP contribution in [0.1, 0.15) is 5.56 Å². The van der Waals surface area contributed by atoms with Gasteiger partial charge in [-0.2, -0.15) is 0 Å². The molecule has 0 fully saturated rings. The number of benzene rings is 4. The molecule has 0 saturated heterocycles. The molecule has 0 aromatic heterocycles. The van der Waals surface area contributed by atoms with Gasteiger partial charge in [0, 0.05) is 16.3 Å². The van der Waals surface area contributed by atoms with Crippen molar-refractivity contribution in [2.45, 2.75) is 6.92 Å². The van der Waals surface area contributed by atoms with Crippen molar-refractivity contribution in [1.29, 1.82) is 0 Å². The molecule has 4 rings (SSSR count). The van der Waals surface area contributed by atoms with E-state index in [0.717, 1.165) is 11.6 Å². The Labute approximate surface area is 141 Å². The Morgan fingerprint density at radius 2 is 1.20 bits per heavy atom. The second kappa shape index (κ2) is 5.59. The van der Waals surface area contributed by atoms with Crippen LogP contribution in [0.5, 0.6) is 0 Å². The molecule has 124 valence electrons. The van der Waals surface area contributed by atoms with Crippen molar-refractivity contribution >= 4 is 21.5 Å². The third kappa shape index (κ3) is 2.37. The van der Waals surface area contributed by atoms with Crippen molar-refractivity contribution in [2.24, 2.45) is 0 Å². The van der Waals surface area contributed by atoms with Crippen LogP contribution in [-0.4, -0.2) is 0 Å². The van der Waals surface area contributed by atoms with Crippen LogP contribution in [0, 0.1) is 30.2 Å². The molecule has 0 heterocycles. The fourth-order valence-electron chi connectivity index (χ4n) is 3.11. The van der Waals surface area contributed by atoms with E-state index in [4.69, 9.17) is 0 Å². The van der Waals surface area contributed by atoms with Crippen LogP contribution in [0.4, 0.5) is 17.6 Å². The molecule has 4 heteroatoms. The second-order valence-corrected chi connectivity index (χ2v) is 6.04. The number of hydrogen-bond acceptors (Lipinski definition) is 0. The lowest BCUT2D eigenvalue weighted by Gasteiger charge is -2.11. The van der Waals surface area contributed by atoms with Gasteiger partial charge in [-0.05, 0) is 35.4 Å². The van der Waals surface area contributed by atoms with Gasteiger partial charge in [0.15, 0.2) is 23.3 Å². The predicted molar refractivity (Wildman–Crippen MR) is 91.5 cm³/mol. The van der Waals surface area contributed by atoms with Crippen molar-refractivity contribution in [2.75, 3.05) is 0 Å². The molecule has 0 amide bonds. The minimum absolute atomic E-state index is 0.0844. The van der Waals surface area contributed by atoms with Crippen LogP contribution in [0.15, 0.2) is 54.6 Å². The van der Waals surface area contributed by atoms with Crippen LogP contribution in [0.3, 0.4) is 0 Å². The lowest BCUT2D eigenvalue weighted by Crippen LogP contribution is -1.96. The third-order valence-electron chi connectivity index (χ3n) is 4.42. The van der Waals surface area contributed by atoms with Gasteiger partial charge in [0.25, 0.3) is 0 Å². The van der Waals surface area contributed by atoms with E-state index < -0.39 is 23.3 Å². The van der Waals surface area contributed by atoms with Crippen LogP contribution in [0.2, 0.25) is 0 Å². The van der Waals surface area contributed by atoms with Crippen molar-refractivity contribution in [1.82, 2.24) is 0 Å². The maximum atomic E-state index is 14.8. The Bertz CT molecular complexity index is 1130. The summed E-state index contributed by atoms with van der Waals surface area (Å²) in [5.74, 6) is -4.53. The zero-order valence-electron chi connectivity index (χ0n) is 13.2. The van der Waals surface area contributed by atoms with Crippen molar-refractivity contribution in [3.63, 3.8) is 0 Å². The molecule has 4 aromatic rings. The summed E-state index contributed by atoms with van der Waals surface area (Å²) in [5, 5.41) is 0.131. The quantitative estimate of drug-likeness (QED) is 0.273. The molecule has 0 radical (unpaired) electrons. The number of aryl methyl sites for hydroxylation is 1. The third-order valence-corrected chi connectivity index (χ3v) is 4.42. The fourth-order valence-corrected chi connectivity index (χ4v) is 3.11.